The molecule has 2 aromatic heterocycles. The largest absolute Gasteiger partial charge is 0.485 e. The van der Waals surface area contributed by atoms with Crippen molar-refractivity contribution in [1.29, 1.82) is 0 Å². The number of rotatable bonds is 8. The Kier molecular flexibility index (Phi) is 5.50. The Morgan fingerprint density at radius 1 is 1.27 bits per heavy atom. The van der Waals surface area contributed by atoms with Crippen LogP contribution >= 0.6 is 0 Å². The van der Waals surface area contributed by atoms with Gasteiger partial charge >= 0.3 is 6.18 Å². The van der Waals surface area contributed by atoms with Gasteiger partial charge in [-0.2, -0.15) is 13.2 Å². The van der Waals surface area contributed by atoms with Gasteiger partial charge in [0.1, 0.15) is 23.4 Å². The number of ketones is 1. The number of hydrogen-bond acceptors (Lipinski definition) is 7. The van der Waals surface area contributed by atoms with Gasteiger partial charge in [-0.15, -0.1) is 0 Å². The molecule has 10 heteroatoms. The Balaban J connectivity index is 1.37. The van der Waals surface area contributed by atoms with Crippen LogP contribution < -0.4 is 9.64 Å². The molecule has 7 nitrogen and oxygen atoms in total. The molecule has 5 rings (SSSR count). The lowest BCUT2D eigenvalue weighted by Crippen LogP contribution is -2.38. The van der Waals surface area contributed by atoms with Crippen LogP contribution in [0.15, 0.2) is 18.3 Å². The fraction of sp³-hybridized carbons (Fsp3) is 0.565. The minimum absolute atomic E-state index is 0.0142. The predicted octanol–water partition coefficient (Wildman–Crippen LogP) is 3.54. The normalized spacial score (nSPS) is 19.0. The Labute approximate surface area is 189 Å². The van der Waals surface area contributed by atoms with Crippen LogP contribution in [0.3, 0.4) is 0 Å². The van der Waals surface area contributed by atoms with E-state index in [2.05, 4.69) is 15.0 Å². The molecule has 0 unspecified atom stereocenters. The van der Waals surface area contributed by atoms with Crippen LogP contribution in [0.2, 0.25) is 0 Å². The molecule has 0 spiro atoms. The number of carbonyl (C=O) groups excluding carboxylic acids is 1. The molecule has 3 heterocycles. The van der Waals surface area contributed by atoms with E-state index in [-0.39, 0.29) is 25.5 Å². The maximum absolute atomic E-state index is 13.3. The van der Waals surface area contributed by atoms with Gasteiger partial charge in [0.05, 0.1) is 25.2 Å². The Morgan fingerprint density at radius 2 is 2.06 bits per heavy atom. The van der Waals surface area contributed by atoms with Gasteiger partial charge in [0.25, 0.3) is 0 Å². The van der Waals surface area contributed by atoms with E-state index >= 15 is 0 Å². The topological polar surface area (TPSA) is 77.4 Å². The zero-order valence-electron chi connectivity index (χ0n) is 18.3. The van der Waals surface area contributed by atoms with Crippen molar-refractivity contribution in [2.24, 2.45) is 5.41 Å². The summed E-state index contributed by atoms with van der Waals surface area (Å²) in [4.78, 5) is 27.9. The van der Waals surface area contributed by atoms with Crippen molar-refractivity contribution in [3.8, 4) is 17.3 Å². The Hall–Kier alpha value is -2.75. The lowest BCUT2D eigenvalue weighted by molar-refractivity contribution is -0.190. The molecule has 2 aromatic rings. The molecule has 0 bridgehead atoms. The number of anilines is 1. The fourth-order valence-corrected chi connectivity index (χ4v) is 4.41. The second-order valence-corrected chi connectivity index (χ2v) is 9.15. The van der Waals surface area contributed by atoms with Gasteiger partial charge in [0, 0.05) is 37.0 Å². The monoisotopic (exact) mass is 462 g/mol. The summed E-state index contributed by atoms with van der Waals surface area (Å²) in [5.41, 5.74) is 0.547. The highest BCUT2D eigenvalue weighted by Crippen LogP contribution is 2.60. The fourth-order valence-electron chi connectivity index (χ4n) is 4.41. The first-order valence-electron chi connectivity index (χ1n) is 11.1. The molecule has 2 aliphatic carbocycles. The summed E-state index contributed by atoms with van der Waals surface area (Å²) in [6.07, 6.45) is -0.660. The third-order valence-corrected chi connectivity index (χ3v) is 6.55. The van der Waals surface area contributed by atoms with Crippen molar-refractivity contribution in [1.82, 2.24) is 15.0 Å². The van der Waals surface area contributed by atoms with E-state index in [1.54, 1.807) is 30.3 Å². The lowest BCUT2D eigenvalue weighted by Gasteiger charge is -2.26. The highest BCUT2D eigenvalue weighted by atomic mass is 19.4. The maximum atomic E-state index is 13.3. The highest BCUT2D eigenvalue weighted by molar-refractivity contribution is 5.84. The molecule has 2 fully saturated rings. The smallest absolute Gasteiger partial charge is 0.394 e. The van der Waals surface area contributed by atoms with Crippen molar-refractivity contribution < 1.29 is 27.4 Å². The van der Waals surface area contributed by atoms with E-state index in [9.17, 15) is 18.0 Å². The molecule has 0 atom stereocenters. The van der Waals surface area contributed by atoms with Crippen molar-refractivity contribution in [2.45, 2.75) is 50.8 Å². The molecule has 0 aromatic carbocycles. The molecular weight excluding hydrogens is 437 g/mol. The van der Waals surface area contributed by atoms with Crippen LogP contribution in [0.5, 0.6) is 5.75 Å². The molecule has 0 amide bonds. The van der Waals surface area contributed by atoms with Crippen LogP contribution in [0.1, 0.15) is 36.9 Å². The number of nitrogens with zero attached hydrogens (tertiary/aromatic N) is 4. The van der Waals surface area contributed by atoms with Gasteiger partial charge in [0.15, 0.2) is 11.6 Å². The number of aryl methyl sites for hydroxylation is 1. The second-order valence-electron chi connectivity index (χ2n) is 9.15. The molecule has 1 saturated carbocycles. The van der Waals surface area contributed by atoms with Gasteiger partial charge in [-0.1, -0.05) is 0 Å². The third-order valence-electron chi connectivity index (χ3n) is 6.55. The summed E-state index contributed by atoms with van der Waals surface area (Å²) in [5.74, 6) is 1.20. The maximum Gasteiger partial charge on any atom is 0.394 e. The van der Waals surface area contributed by atoms with Crippen LogP contribution in [0, 0.1) is 5.41 Å². The van der Waals surface area contributed by atoms with Gasteiger partial charge in [-0.25, -0.2) is 9.97 Å². The zero-order chi connectivity index (χ0) is 23.2. The van der Waals surface area contributed by atoms with Crippen LogP contribution in [-0.2, 0) is 22.4 Å². The first-order valence-corrected chi connectivity index (χ1v) is 11.1. The average Bonchev–Trinajstić information content (AvgIpc) is 3.37. The Bertz CT molecular complexity index is 1070. The number of hydrogen-bond donors (Lipinski definition) is 0. The Morgan fingerprint density at radius 3 is 2.73 bits per heavy atom. The van der Waals surface area contributed by atoms with E-state index in [0.29, 0.717) is 36.3 Å². The first kappa shape index (κ1) is 22.1. The number of pyridine rings is 1. The summed E-state index contributed by atoms with van der Waals surface area (Å²) in [7, 11) is 1.69. The molecule has 1 saturated heterocycles. The minimum Gasteiger partial charge on any atom is -0.485 e. The second kappa shape index (κ2) is 8.23. The number of Topliss-reactive ketones (excluding diaryl/α,β-unsaturated/α-hetero) is 1. The van der Waals surface area contributed by atoms with E-state index in [4.69, 9.17) is 9.47 Å². The summed E-state index contributed by atoms with van der Waals surface area (Å²) >= 11 is 0. The van der Waals surface area contributed by atoms with Crippen molar-refractivity contribution in [3.63, 3.8) is 0 Å². The summed E-state index contributed by atoms with van der Waals surface area (Å²) < 4.78 is 50.8. The average molecular weight is 462 g/mol. The van der Waals surface area contributed by atoms with Gasteiger partial charge < -0.3 is 14.4 Å². The summed E-state index contributed by atoms with van der Waals surface area (Å²) in [5, 5.41) is 0. The number of aromatic nitrogens is 3. The van der Waals surface area contributed by atoms with Crippen molar-refractivity contribution >= 4 is 11.6 Å². The van der Waals surface area contributed by atoms with Crippen molar-refractivity contribution in [3.05, 3.63) is 29.6 Å². The van der Waals surface area contributed by atoms with E-state index < -0.39 is 23.8 Å². The number of ether oxygens (including phenoxy) is 2. The molecule has 33 heavy (non-hydrogen) atoms. The molecule has 0 N–H and O–H groups in total. The van der Waals surface area contributed by atoms with E-state index in [0.717, 1.165) is 30.5 Å². The summed E-state index contributed by atoms with van der Waals surface area (Å²) in [6, 6.07) is 3.53. The molecule has 176 valence electrons. The van der Waals surface area contributed by atoms with Gasteiger partial charge in [-0.3, -0.25) is 9.78 Å². The summed E-state index contributed by atoms with van der Waals surface area (Å²) in [6.45, 7) is 0.968. The third kappa shape index (κ3) is 4.40. The van der Waals surface area contributed by atoms with Gasteiger partial charge in [-0.05, 0) is 38.2 Å². The first-order chi connectivity index (χ1) is 15.7. The number of halogens is 3. The molecule has 3 aliphatic rings. The number of fused-ring (bicyclic) bond motifs is 1. The number of alkyl halides is 3. The quantitative estimate of drug-likeness (QED) is 0.594. The van der Waals surface area contributed by atoms with Crippen LogP contribution in [0.4, 0.5) is 19.0 Å². The van der Waals surface area contributed by atoms with Crippen LogP contribution in [0.25, 0.3) is 11.5 Å². The van der Waals surface area contributed by atoms with Gasteiger partial charge in [0.2, 0.25) is 0 Å². The predicted molar refractivity (Wildman–Crippen MR) is 113 cm³/mol. The molecule has 1 aliphatic heterocycles. The van der Waals surface area contributed by atoms with Crippen LogP contribution in [-0.4, -0.2) is 59.8 Å². The SMILES string of the molecule is CN(CC(=O)CC1(C(F)(F)F)CC1)c1nc(-c2cc(OC3COC3)ccn2)nc2c1CCC2. The zero-order valence-corrected chi connectivity index (χ0v) is 18.3. The lowest BCUT2D eigenvalue weighted by atomic mass is 9.98. The van der Waals surface area contributed by atoms with E-state index in [1.807, 2.05) is 0 Å². The molecule has 0 radical (unpaired) electrons. The minimum atomic E-state index is -4.34. The number of carbonyl (C=O) groups is 1. The van der Waals surface area contributed by atoms with Crippen molar-refractivity contribution in [2.75, 3.05) is 31.7 Å². The van der Waals surface area contributed by atoms with E-state index in [1.165, 1.54) is 0 Å². The standard InChI is InChI=1S/C23H25F3N4O3/c1-30(11-14(31)10-22(6-7-22)23(24,25)26)21-17-3-2-4-18(17)28-20(29-21)19-9-15(5-8-27-19)33-16-12-32-13-16/h5,8-9,16H,2-4,6-7,10-13H2,1H3. The molecular formula is C23H25F3N4O3. The number of likely N-dealkylation sites (N-methyl/N-ethyl adjacent to an activating group) is 1. The highest BCUT2D eigenvalue weighted by Gasteiger charge is 2.63.